The van der Waals surface area contributed by atoms with Gasteiger partial charge in [0, 0.05) is 29.2 Å². The van der Waals surface area contributed by atoms with Crippen LogP contribution in [0.2, 0.25) is 4.34 Å². The van der Waals surface area contributed by atoms with E-state index >= 15 is 0 Å². The highest BCUT2D eigenvalue weighted by Crippen LogP contribution is 2.23. The van der Waals surface area contributed by atoms with Crippen LogP contribution in [-0.4, -0.2) is 22.4 Å². The zero-order valence-electron chi connectivity index (χ0n) is 11.8. The van der Waals surface area contributed by atoms with E-state index in [1.54, 1.807) is 17.0 Å². The van der Waals surface area contributed by atoms with Gasteiger partial charge in [-0.05, 0) is 25.1 Å². The zero-order valence-corrected chi connectivity index (χ0v) is 13.4. The molecule has 1 aromatic heterocycles. The summed E-state index contributed by atoms with van der Waals surface area (Å²) < 4.78 is 0.671. The predicted molar refractivity (Wildman–Crippen MR) is 87.5 cm³/mol. The van der Waals surface area contributed by atoms with Crippen LogP contribution >= 0.6 is 22.9 Å². The SMILES string of the molecule is CCN(Cc1ccc(Cl)s1)C(=O)Nc1cccc([N+](=O)[O-])c1. The van der Waals surface area contributed by atoms with Crippen molar-refractivity contribution in [1.82, 2.24) is 4.90 Å². The Morgan fingerprint density at radius 3 is 2.77 bits per heavy atom. The molecule has 0 aliphatic carbocycles. The first kappa shape index (κ1) is 16.3. The number of benzene rings is 1. The fourth-order valence-electron chi connectivity index (χ4n) is 1.85. The first-order chi connectivity index (χ1) is 10.5. The number of nitro benzene ring substituents is 1. The number of nitrogens with one attached hydrogen (secondary N) is 1. The van der Waals surface area contributed by atoms with Crippen molar-refractivity contribution in [2.45, 2.75) is 13.5 Å². The Morgan fingerprint density at radius 2 is 2.18 bits per heavy atom. The minimum Gasteiger partial charge on any atom is -0.320 e. The largest absolute Gasteiger partial charge is 0.322 e. The first-order valence-electron chi connectivity index (χ1n) is 6.54. The zero-order chi connectivity index (χ0) is 16.1. The number of non-ortho nitro benzene ring substituents is 1. The first-order valence-corrected chi connectivity index (χ1v) is 7.73. The van der Waals surface area contributed by atoms with E-state index in [4.69, 9.17) is 11.6 Å². The topological polar surface area (TPSA) is 75.5 Å². The van der Waals surface area contributed by atoms with Gasteiger partial charge in [0.2, 0.25) is 0 Å². The minimum absolute atomic E-state index is 0.0640. The molecule has 0 bridgehead atoms. The van der Waals surface area contributed by atoms with Crippen LogP contribution in [-0.2, 0) is 6.54 Å². The summed E-state index contributed by atoms with van der Waals surface area (Å²) in [7, 11) is 0. The van der Waals surface area contributed by atoms with E-state index in [0.29, 0.717) is 23.1 Å². The van der Waals surface area contributed by atoms with Crippen molar-refractivity contribution < 1.29 is 9.72 Å². The molecule has 2 amide bonds. The van der Waals surface area contributed by atoms with Crippen molar-refractivity contribution in [2.24, 2.45) is 0 Å². The van der Waals surface area contributed by atoms with Gasteiger partial charge in [0.05, 0.1) is 15.8 Å². The number of hydrogen-bond donors (Lipinski definition) is 1. The number of carbonyl (C=O) groups is 1. The van der Waals surface area contributed by atoms with Crippen LogP contribution in [0.3, 0.4) is 0 Å². The number of nitro groups is 1. The lowest BCUT2D eigenvalue weighted by atomic mass is 10.3. The Kier molecular flexibility index (Phi) is 5.35. The molecule has 22 heavy (non-hydrogen) atoms. The highest BCUT2D eigenvalue weighted by Gasteiger charge is 2.14. The van der Waals surface area contributed by atoms with Gasteiger partial charge >= 0.3 is 6.03 Å². The van der Waals surface area contributed by atoms with Crippen molar-refractivity contribution in [3.63, 3.8) is 0 Å². The van der Waals surface area contributed by atoms with Crippen molar-refractivity contribution in [3.05, 3.63) is 55.7 Å². The van der Waals surface area contributed by atoms with Gasteiger partial charge in [0.1, 0.15) is 0 Å². The fraction of sp³-hybridized carbons (Fsp3) is 0.214. The lowest BCUT2D eigenvalue weighted by molar-refractivity contribution is -0.384. The third kappa shape index (κ3) is 4.19. The highest BCUT2D eigenvalue weighted by molar-refractivity contribution is 7.16. The molecule has 1 aromatic carbocycles. The van der Waals surface area contributed by atoms with E-state index in [9.17, 15) is 14.9 Å². The molecule has 1 N–H and O–H groups in total. The molecule has 6 nitrogen and oxygen atoms in total. The van der Waals surface area contributed by atoms with Gasteiger partial charge in [-0.2, -0.15) is 0 Å². The number of anilines is 1. The third-order valence-electron chi connectivity index (χ3n) is 2.95. The molecule has 116 valence electrons. The number of rotatable bonds is 5. The van der Waals surface area contributed by atoms with Crippen LogP contribution in [0.1, 0.15) is 11.8 Å². The number of nitrogens with zero attached hydrogens (tertiary/aromatic N) is 2. The van der Waals surface area contributed by atoms with Gasteiger partial charge < -0.3 is 10.2 Å². The maximum absolute atomic E-state index is 12.3. The van der Waals surface area contributed by atoms with Gasteiger partial charge in [-0.25, -0.2) is 4.79 Å². The molecule has 2 aromatic rings. The van der Waals surface area contributed by atoms with Crippen molar-refractivity contribution >= 4 is 40.3 Å². The Balaban J connectivity index is 2.05. The number of hydrogen-bond acceptors (Lipinski definition) is 4. The van der Waals surface area contributed by atoms with E-state index in [1.807, 2.05) is 13.0 Å². The molecule has 8 heteroatoms. The predicted octanol–water partition coefficient (Wildman–Crippen LogP) is 4.36. The average molecular weight is 340 g/mol. The molecule has 0 fully saturated rings. The van der Waals surface area contributed by atoms with Crippen LogP contribution in [0.4, 0.5) is 16.2 Å². The number of halogens is 1. The molecule has 0 aliphatic heterocycles. The molecular weight excluding hydrogens is 326 g/mol. The van der Waals surface area contributed by atoms with E-state index in [2.05, 4.69) is 5.32 Å². The Bertz CT molecular complexity index is 689. The van der Waals surface area contributed by atoms with Crippen LogP contribution in [0.5, 0.6) is 0 Å². The summed E-state index contributed by atoms with van der Waals surface area (Å²) >= 11 is 7.30. The van der Waals surface area contributed by atoms with Gasteiger partial charge in [-0.3, -0.25) is 10.1 Å². The monoisotopic (exact) mass is 339 g/mol. The lowest BCUT2D eigenvalue weighted by Gasteiger charge is -2.20. The maximum Gasteiger partial charge on any atom is 0.322 e. The molecule has 2 rings (SSSR count). The Morgan fingerprint density at radius 1 is 1.41 bits per heavy atom. The summed E-state index contributed by atoms with van der Waals surface area (Å²) in [5, 5.41) is 13.4. The quantitative estimate of drug-likeness (QED) is 0.649. The van der Waals surface area contributed by atoms with Crippen molar-refractivity contribution in [2.75, 3.05) is 11.9 Å². The summed E-state index contributed by atoms with van der Waals surface area (Å²) in [6, 6.07) is 9.19. The molecule has 0 unspecified atom stereocenters. The average Bonchev–Trinajstić information content (AvgIpc) is 2.90. The third-order valence-corrected chi connectivity index (χ3v) is 4.17. The van der Waals surface area contributed by atoms with E-state index in [1.165, 1.54) is 29.5 Å². The number of carbonyl (C=O) groups excluding carboxylic acids is 1. The fourth-order valence-corrected chi connectivity index (χ4v) is 2.96. The summed E-state index contributed by atoms with van der Waals surface area (Å²) in [5.41, 5.74) is 0.327. The molecule has 0 saturated carbocycles. The smallest absolute Gasteiger partial charge is 0.320 e. The molecule has 0 saturated heterocycles. The molecular formula is C14H14ClN3O3S. The molecule has 1 heterocycles. The molecule has 0 aliphatic rings. The number of urea groups is 1. The van der Waals surface area contributed by atoms with Gasteiger partial charge in [0.15, 0.2) is 0 Å². The van der Waals surface area contributed by atoms with Crippen LogP contribution in [0.25, 0.3) is 0 Å². The summed E-state index contributed by atoms with van der Waals surface area (Å²) in [5.74, 6) is 0. The second-order valence-electron chi connectivity index (χ2n) is 4.46. The van der Waals surface area contributed by atoms with Gasteiger partial charge in [-0.1, -0.05) is 17.7 Å². The van der Waals surface area contributed by atoms with Crippen LogP contribution in [0, 0.1) is 10.1 Å². The van der Waals surface area contributed by atoms with Gasteiger partial charge in [-0.15, -0.1) is 11.3 Å². The van der Waals surface area contributed by atoms with E-state index in [-0.39, 0.29) is 11.7 Å². The number of thiophene rings is 1. The second-order valence-corrected chi connectivity index (χ2v) is 6.26. The van der Waals surface area contributed by atoms with E-state index < -0.39 is 4.92 Å². The van der Waals surface area contributed by atoms with Gasteiger partial charge in [0.25, 0.3) is 5.69 Å². The minimum atomic E-state index is -0.499. The highest BCUT2D eigenvalue weighted by atomic mass is 35.5. The number of amides is 2. The van der Waals surface area contributed by atoms with Crippen LogP contribution < -0.4 is 5.32 Å². The maximum atomic E-state index is 12.3. The lowest BCUT2D eigenvalue weighted by Crippen LogP contribution is -2.34. The summed E-state index contributed by atoms with van der Waals surface area (Å²) in [4.78, 5) is 25.1. The van der Waals surface area contributed by atoms with E-state index in [0.717, 1.165) is 4.88 Å². The standard InChI is InChI=1S/C14H14ClN3O3S/c1-2-17(9-12-6-7-13(15)22-12)14(19)16-10-4-3-5-11(8-10)18(20)21/h3-8H,2,9H2,1H3,(H,16,19). The van der Waals surface area contributed by atoms with Crippen molar-refractivity contribution in [3.8, 4) is 0 Å². The second kappa shape index (κ2) is 7.24. The normalized spacial score (nSPS) is 10.3. The Labute approximate surface area is 136 Å². The summed E-state index contributed by atoms with van der Waals surface area (Å²) in [6.07, 6.45) is 0. The Hall–Kier alpha value is -2.12. The molecule has 0 spiro atoms. The summed E-state index contributed by atoms with van der Waals surface area (Å²) in [6.45, 7) is 2.81. The molecule has 0 atom stereocenters. The van der Waals surface area contributed by atoms with Crippen molar-refractivity contribution in [1.29, 1.82) is 0 Å². The van der Waals surface area contributed by atoms with Crippen LogP contribution in [0.15, 0.2) is 36.4 Å². The molecule has 0 radical (unpaired) electrons.